The number of nitrogens with two attached hydrogens (primary N) is 1. The molecular formula is C11H15BrN2. The number of rotatable bonds is 2. The van der Waals surface area contributed by atoms with Gasteiger partial charge in [0, 0.05) is 10.5 Å². The minimum Gasteiger partial charge on any atom is -0.397 e. The van der Waals surface area contributed by atoms with E-state index in [1.54, 1.807) is 0 Å². The van der Waals surface area contributed by atoms with Crippen LogP contribution in [0.5, 0.6) is 0 Å². The van der Waals surface area contributed by atoms with E-state index in [0.29, 0.717) is 6.04 Å². The number of nitrogen functional groups attached to an aromatic ring is 1. The lowest BCUT2D eigenvalue weighted by Gasteiger charge is -2.15. The second-order valence-corrected chi connectivity index (χ2v) is 4.77. The normalized spacial score (nSPS) is 17.2. The molecule has 1 aromatic rings. The van der Waals surface area contributed by atoms with Crippen LogP contribution in [-0.4, -0.2) is 6.04 Å². The third-order valence-electron chi connectivity index (χ3n) is 2.73. The lowest BCUT2D eigenvalue weighted by Crippen LogP contribution is -2.15. The van der Waals surface area contributed by atoms with Crippen LogP contribution in [0.3, 0.4) is 0 Å². The number of anilines is 2. The summed E-state index contributed by atoms with van der Waals surface area (Å²) in [5, 5.41) is 3.49. The van der Waals surface area contributed by atoms with Gasteiger partial charge in [-0.05, 0) is 31.0 Å². The van der Waals surface area contributed by atoms with Crippen LogP contribution < -0.4 is 11.1 Å². The fourth-order valence-corrected chi connectivity index (χ4v) is 2.30. The molecule has 3 N–H and O–H groups in total. The number of hydrogen-bond acceptors (Lipinski definition) is 2. The van der Waals surface area contributed by atoms with Gasteiger partial charge in [0.1, 0.15) is 0 Å². The van der Waals surface area contributed by atoms with Gasteiger partial charge in [0.15, 0.2) is 0 Å². The highest BCUT2D eigenvalue weighted by molar-refractivity contribution is 9.10. The first kappa shape index (κ1) is 9.84. The number of nitrogens with one attached hydrogen (secondary N) is 1. The van der Waals surface area contributed by atoms with Crippen molar-refractivity contribution in [3.05, 3.63) is 22.7 Å². The van der Waals surface area contributed by atoms with Crippen molar-refractivity contribution < 1.29 is 0 Å². The molecule has 2 nitrogen and oxygen atoms in total. The average molecular weight is 255 g/mol. The van der Waals surface area contributed by atoms with Gasteiger partial charge < -0.3 is 11.1 Å². The van der Waals surface area contributed by atoms with E-state index in [1.807, 2.05) is 18.2 Å². The summed E-state index contributed by atoms with van der Waals surface area (Å²) in [5.41, 5.74) is 7.78. The summed E-state index contributed by atoms with van der Waals surface area (Å²) < 4.78 is 1.08. The van der Waals surface area contributed by atoms with Crippen molar-refractivity contribution in [3.8, 4) is 0 Å². The van der Waals surface area contributed by atoms with Gasteiger partial charge in [0.05, 0.1) is 11.4 Å². The second-order valence-electron chi connectivity index (χ2n) is 3.86. The van der Waals surface area contributed by atoms with Gasteiger partial charge in [-0.2, -0.15) is 0 Å². The van der Waals surface area contributed by atoms with Crippen molar-refractivity contribution >= 4 is 27.3 Å². The maximum absolute atomic E-state index is 5.88. The fraction of sp³-hybridized carbons (Fsp3) is 0.455. The molecule has 0 amide bonds. The van der Waals surface area contributed by atoms with Crippen LogP contribution in [-0.2, 0) is 0 Å². The van der Waals surface area contributed by atoms with Crippen LogP contribution in [0.1, 0.15) is 25.7 Å². The molecule has 76 valence electrons. The highest BCUT2D eigenvalue weighted by atomic mass is 79.9. The van der Waals surface area contributed by atoms with E-state index in [9.17, 15) is 0 Å². The molecule has 0 unspecified atom stereocenters. The fourth-order valence-electron chi connectivity index (χ4n) is 1.94. The Bertz CT molecular complexity index is 319. The molecular weight excluding hydrogens is 240 g/mol. The molecule has 0 aromatic heterocycles. The van der Waals surface area contributed by atoms with Gasteiger partial charge >= 0.3 is 0 Å². The Morgan fingerprint density at radius 3 is 2.71 bits per heavy atom. The molecule has 2 rings (SSSR count). The molecule has 1 fully saturated rings. The van der Waals surface area contributed by atoms with Crippen LogP contribution in [0, 0.1) is 0 Å². The van der Waals surface area contributed by atoms with E-state index in [1.165, 1.54) is 25.7 Å². The summed E-state index contributed by atoms with van der Waals surface area (Å²) in [5.74, 6) is 0. The summed E-state index contributed by atoms with van der Waals surface area (Å²) in [6, 6.07) is 6.57. The number of hydrogen-bond donors (Lipinski definition) is 2. The second kappa shape index (κ2) is 4.22. The molecule has 0 spiro atoms. The molecule has 0 radical (unpaired) electrons. The summed E-state index contributed by atoms with van der Waals surface area (Å²) in [4.78, 5) is 0. The monoisotopic (exact) mass is 254 g/mol. The third-order valence-corrected chi connectivity index (χ3v) is 3.22. The summed E-state index contributed by atoms with van der Waals surface area (Å²) in [6.45, 7) is 0. The smallest absolute Gasteiger partial charge is 0.0587 e. The predicted molar refractivity (Wildman–Crippen MR) is 64.4 cm³/mol. The zero-order chi connectivity index (χ0) is 9.97. The first-order valence-corrected chi connectivity index (χ1v) is 5.86. The molecule has 1 aliphatic carbocycles. The third kappa shape index (κ3) is 2.21. The van der Waals surface area contributed by atoms with E-state index < -0.39 is 0 Å². The van der Waals surface area contributed by atoms with Crippen molar-refractivity contribution in [2.75, 3.05) is 11.1 Å². The minimum atomic E-state index is 0.617. The number of benzene rings is 1. The van der Waals surface area contributed by atoms with Gasteiger partial charge in [-0.15, -0.1) is 0 Å². The van der Waals surface area contributed by atoms with Crippen LogP contribution in [0.25, 0.3) is 0 Å². The summed E-state index contributed by atoms with van der Waals surface area (Å²) >= 11 is 3.45. The summed E-state index contributed by atoms with van der Waals surface area (Å²) in [6.07, 6.45) is 5.22. The quantitative estimate of drug-likeness (QED) is 0.795. The predicted octanol–water partition coefficient (Wildman–Crippen LogP) is 3.39. The van der Waals surface area contributed by atoms with Crippen LogP contribution >= 0.6 is 15.9 Å². The lowest BCUT2D eigenvalue weighted by molar-refractivity contribution is 0.756. The SMILES string of the molecule is Nc1ccc(Br)cc1NC1CCCC1. The molecule has 0 heterocycles. The standard InChI is InChI=1S/C11H15BrN2/c12-8-5-6-10(13)11(7-8)14-9-3-1-2-4-9/h5-7,9,14H,1-4,13H2. The zero-order valence-electron chi connectivity index (χ0n) is 8.09. The Morgan fingerprint density at radius 2 is 2.00 bits per heavy atom. The van der Waals surface area contributed by atoms with Gasteiger partial charge in [-0.1, -0.05) is 28.8 Å². The van der Waals surface area contributed by atoms with Crippen LogP contribution in [0.15, 0.2) is 22.7 Å². The number of halogens is 1. The molecule has 0 atom stereocenters. The largest absolute Gasteiger partial charge is 0.397 e. The van der Waals surface area contributed by atoms with Crippen LogP contribution in [0.2, 0.25) is 0 Å². The molecule has 0 bridgehead atoms. The Hall–Kier alpha value is -0.700. The lowest BCUT2D eigenvalue weighted by atomic mass is 10.2. The first-order chi connectivity index (χ1) is 6.75. The van der Waals surface area contributed by atoms with Gasteiger partial charge in [-0.25, -0.2) is 0 Å². The van der Waals surface area contributed by atoms with Gasteiger partial charge in [-0.3, -0.25) is 0 Å². The van der Waals surface area contributed by atoms with E-state index >= 15 is 0 Å². The Morgan fingerprint density at radius 1 is 1.29 bits per heavy atom. The Kier molecular flexibility index (Phi) is 2.96. The van der Waals surface area contributed by atoms with Crippen molar-refractivity contribution in [2.45, 2.75) is 31.7 Å². The molecule has 1 aromatic carbocycles. The van der Waals surface area contributed by atoms with E-state index in [2.05, 4.69) is 21.2 Å². The van der Waals surface area contributed by atoms with Crippen molar-refractivity contribution in [1.82, 2.24) is 0 Å². The highest BCUT2D eigenvalue weighted by Gasteiger charge is 2.15. The summed E-state index contributed by atoms with van der Waals surface area (Å²) in [7, 11) is 0. The first-order valence-electron chi connectivity index (χ1n) is 5.07. The van der Waals surface area contributed by atoms with E-state index in [-0.39, 0.29) is 0 Å². The van der Waals surface area contributed by atoms with Crippen molar-refractivity contribution in [2.24, 2.45) is 0 Å². The molecule has 14 heavy (non-hydrogen) atoms. The topological polar surface area (TPSA) is 38.0 Å². The molecule has 0 saturated heterocycles. The van der Waals surface area contributed by atoms with E-state index in [4.69, 9.17) is 5.73 Å². The maximum atomic E-state index is 5.88. The van der Waals surface area contributed by atoms with E-state index in [0.717, 1.165) is 15.8 Å². The molecule has 1 aliphatic rings. The Balaban J connectivity index is 2.10. The van der Waals surface area contributed by atoms with Crippen molar-refractivity contribution in [3.63, 3.8) is 0 Å². The zero-order valence-corrected chi connectivity index (χ0v) is 9.68. The minimum absolute atomic E-state index is 0.617. The molecule has 1 saturated carbocycles. The molecule has 0 aliphatic heterocycles. The Labute approximate surface area is 93.0 Å². The van der Waals surface area contributed by atoms with Crippen LogP contribution in [0.4, 0.5) is 11.4 Å². The van der Waals surface area contributed by atoms with Gasteiger partial charge in [0.25, 0.3) is 0 Å². The van der Waals surface area contributed by atoms with Gasteiger partial charge in [0.2, 0.25) is 0 Å². The average Bonchev–Trinajstić information content (AvgIpc) is 2.64. The van der Waals surface area contributed by atoms with Crippen molar-refractivity contribution in [1.29, 1.82) is 0 Å². The maximum Gasteiger partial charge on any atom is 0.0587 e. The highest BCUT2D eigenvalue weighted by Crippen LogP contribution is 2.27. The molecule has 3 heteroatoms.